The van der Waals surface area contributed by atoms with E-state index < -0.39 is 5.54 Å². The summed E-state index contributed by atoms with van der Waals surface area (Å²) in [5, 5.41) is 10.3. The predicted molar refractivity (Wildman–Crippen MR) is 138 cm³/mol. The zero-order valence-electron chi connectivity index (χ0n) is 21.7. The number of hydrogen-bond donors (Lipinski definition) is 2. The van der Waals surface area contributed by atoms with E-state index >= 15 is 0 Å². The van der Waals surface area contributed by atoms with Gasteiger partial charge in [-0.25, -0.2) is 0 Å². The monoisotopic (exact) mass is 494 g/mol. The number of aromatic nitrogens is 2. The van der Waals surface area contributed by atoms with Crippen molar-refractivity contribution in [3.63, 3.8) is 0 Å². The maximum Gasteiger partial charge on any atom is 0.272 e. The van der Waals surface area contributed by atoms with E-state index in [1.807, 2.05) is 31.2 Å². The fourth-order valence-electron chi connectivity index (χ4n) is 4.87. The number of aryl methyl sites for hydroxylation is 1. The lowest BCUT2D eigenvalue weighted by Gasteiger charge is -2.40. The zero-order valence-corrected chi connectivity index (χ0v) is 21.7. The Balaban J connectivity index is 1.34. The Morgan fingerprint density at radius 1 is 1.06 bits per heavy atom. The fourth-order valence-corrected chi connectivity index (χ4v) is 4.87. The minimum atomic E-state index is -1.12. The maximum absolute atomic E-state index is 13.2. The van der Waals surface area contributed by atoms with Gasteiger partial charge >= 0.3 is 0 Å². The van der Waals surface area contributed by atoms with Crippen molar-refractivity contribution < 1.29 is 14.4 Å². The Labute approximate surface area is 213 Å². The van der Waals surface area contributed by atoms with Crippen LogP contribution < -0.4 is 10.6 Å². The molecule has 4 rings (SSSR count). The van der Waals surface area contributed by atoms with Crippen LogP contribution in [0.2, 0.25) is 0 Å². The molecule has 2 N–H and O–H groups in total. The number of fused-ring (bicyclic) bond motifs is 1. The highest BCUT2D eigenvalue weighted by Crippen LogP contribution is 2.26. The summed E-state index contributed by atoms with van der Waals surface area (Å²) < 4.78 is 1.49. The third-order valence-corrected chi connectivity index (χ3v) is 7.43. The first kappa shape index (κ1) is 25.9. The van der Waals surface area contributed by atoms with Gasteiger partial charge in [0.2, 0.25) is 5.91 Å². The standard InChI is InChI=1S/C27H38N6O3/c1-20-9-11-21(12-10-20)18-29-26(36)27(2)19-33-23(25(35)31(27)3)17-22(30-33)24(34)28-13-8-16-32-14-6-4-5-7-15-32/h9-12,17H,4-8,13-16,18-19H2,1-3H3,(H,28,34)(H,29,36). The van der Waals surface area contributed by atoms with Gasteiger partial charge in [-0.2, -0.15) is 5.10 Å². The van der Waals surface area contributed by atoms with Crippen LogP contribution in [0.1, 0.15) is 71.1 Å². The molecule has 2 aliphatic heterocycles. The molecule has 0 radical (unpaired) electrons. The first-order valence-electron chi connectivity index (χ1n) is 13.0. The Hall–Kier alpha value is -3.20. The van der Waals surface area contributed by atoms with Gasteiger partial charge in [0, 0.05) is 26.2 Å². The van der Waals surface area contributed by atoms with Crippen LogP contribution >= 0.6 is 0 Å². The van der Waals surface area contributed by atoms with Crippen LogP contribution in [-0.4, -0.2) is 76.1 Å². The molecular formula is C27H38N6O3. The molecule has 36 heavy (non-hydrogen) atoms. The zero-order chi connectivity index (χ0) is 25.7. The minimum absolute atomic E-state index is 0.173. The first-order chi connectivity index (χ1) is 17.3. The molecule has 1 fully saturated rings. The van der Waals surface area contributed by atoms with Crippen molar-refractivity contribution in [2.75, 3.05) is 33.2 Å². The van der Waals surface area contributed by atoms with Gasteiger partial charge in [-0.3, -0.25) is 19.1 Å². The van der Waals surface area contributed by atoms with Gasteiger partial charge in [-0.15, -0.1) is 0 Å². The van der Waals surface area contributed by atoms with E-state index in [4.69, 9.17) is 0 Å². The molecule has 9 heteroatoms. The first-order valence-corrected chi connectivity index (χ1v) is 13.0. The largest absolute Gasteiger partial charge is 0.351 e. The van der Waals surface area contributed by atoms with Gasteiger partial charge < -0.3 is 20.4 Å². The van der Waals surface area contributed by atoms with E-state index in [2.05, 4.69) is 20.6 Å². The van der Waals surface area contributed by atoms with E-state index in [0.717, 1.165) is 37.2 Å². The Kier molecular flexibility index (Phi) is 8.08. The maximum atomic E-state index is 13.2. The number of likely N-dealkylation sites (tertiary alicyclic amines) is 1. The molecule has 2 aliphatic rings. The molecule has 0 aliphatic carbocycles. The van der Waals surface area contributed by atoms with Crippen LogP contribution in [0.15, 0.2) is 30.3 Å². The third-order valence-electron chi connectivity index (χ3n) is 7.43. The number of carbonyl (C=O) groups excluding carboxylic acids is 3. The molecule has 3 heterocycles. The summed E-state index contributed by atoms with van der Waals surface area (Å²) in [4.78, 5) is 42.9. The van der Waals surface area contributed by atoms with Gasteiger partial charge in [-0.1, -0.05) is 42.7 Å². The smallest absolute Gasteiger partial charge is 0.272 e. The summed E-state index contributed by atoms with van der Waals surface area (Å²) in [6.07, 6.45) is 5.98. The average Bonchev–Trinajstić information content (AvgIpc) is 3.12. The van der Waals surface area contributed by atoms with Crippen molar-refractivity contribution in [3.8, 4) is 0 Å². The van der Waals surface area contributed by atoms with Crippen LogP contribution in [0.5, 0.6) is 0 Å². The highest BCUT2D eigenvalue weighted by molar-refractivity contribution is 6.01. The molecule has 1 unspecified atom stereocenters. The van der Waals surface area contributed by atoms with E-state index in [9.17, 15) is 14.4 Å². The van der Waals surface area contributed by atoms with Crippen molar-refractivity contribution in [1.82, 2.24) is 30.2 Å². The molecule has 1 saturated heterocycles. The number of nitrogens with one attached hydrogen (secondary N) is 2. The molecule has 2 aromatic rings. The quantitative estimate of drug-likeness (QED) is 0.549. The van der Waals surface area contributed by atoms with E-state index in [1.165, 1.54) is 41.3 Å². The van der Waals surface area contributed by atoms with E-state index in [-0.39, 0.29) is 30.0 Å². The lowest BCUT2D eigenvalue weighted by molar-refractivity contribution is -0.132. The molecular weight excluding hydrogens is 456 g/mol. The van der Waals surface area contributed by atoms with Crippen molar-refractivity contribution in [3.05, 3.63) is 52.8 Å². The molecule has 0 spiro atoms. The number of benzene rings is 1. The topological polar surface area (TPSA) is 99.6 Å². The number of nitrogens with zero attached hydrogens (tertiary/aromatic N) is 4. The lowest BCUT2D eigenvalue weighted by atomic mass is 9.95. The summed E-state index contributed by atoms with van der Waals surface area (Å²) in [6.45, 7) is 8.08. The van der Waals surface area contributed by atoms with Gasteiger partial charge in [0.05, 0.1) is 6.54 Å². The Bertz CT molecular complexity index is 1090. The molecule has 1 aromatic carbocycles. The Morgan fingerprint density at radius 2 is 1.75 bits per heavy atom. The summed E-state index contributed by atoms with van der Waals surface area (Å²) in [5.74, 6) is -0.893. The number of likely N-dealkylation sites (N-methyl/N-ethyl adjacent to an activating group) is 1. The molecule has 194 valence electrons. The van der Waals surface area contributed by atoms with Crippen molar-refractivity contribution in [2.45, 2.75) is 64.6 Å². The van der Waals surface area contributed by atoms with Crippen molar-refractivity contribution >= 4 is 17.7 Å². The highest BCUT2D eigenvalue weighted by Gasteiger charge is 2.46. The summed E-state index contributed by atoms with van der Waals surface area (Å²) in [6, 6.07) is 9.46. The molecule has 0 bridgehead atoms. The Morgan fingerprint density at radius 3 is 2.44 bits per heavy atom. The van der Waals surface area contributed by atoms with Gasteiger partial charge in [0.25, 0.3) is 11.8 Å². The van der Waals surface area contributed by atoms with Crippen molar-refractivity contribution in [1.29, 1.82) is 0 Å². The number of rotatable bonds is 8. The molecule has 9 nitrogen and oxygen atoms in total. The van der Waals surface area contributed by atoms with Gasteiger partial charge in [0.1, 0.15) is 11.2 Å². The molecule has 0 saturated carbocycles. The summed E-state index contributed by atoms with van der Waals surface area (Å²) >= 11 is 0. The lowest BCUT2D eigenvalue weighted by Crippen LogP contribution is -2.62. The van der Waals surface area contributed by atoms with Crippen LogP contribution in [0, 0.1) is 6.92 Å². The SMILES string of the molecule is Cc1ccc(CNC(=O)C2(C)Cn3nc(C(=O)NCCCN4CCCCCC4)cc3C(=O)N2C)cc1. The molecule has 3 amide bonds. The number of carbonyl (C=O) groups is 3. The van der Waals surface area contributed by atoms with E-state index in [1.54, 1.807) is 14.0 Å². The predicted octanol–water partition coefficient (Wildman–Crippen LogP) is 2.35. The van der Waals surface area contributed by atoms with Gasteiger partial charge in [0.15, 0.2) is 5.69 Å². The van der Waals surface area contributed by atoms with Crippen LogP contribution in [-0.2, 0) is 17.9 Å². The second-order valence-electron chi connectivity index (χ2n) is 10.2. The van der Waals surface area contributed by atoms with Gasteiger partial charge in [-0.05, 0) is 58.3 Å². The second kappa shape index (κ2) is 11.2. The normalized spacial score (nSPS) is 20.5. The molecule has 1 aromatic heterocycles. The summed E-state index contributed by atoms with van der Waals surface area (Å²) in [5.41, 5.74) is 1.53. The number of amides is 3. The number of hydrogen-bond acceptors (Lipinski definition) is 5. The second-order valence-corrected chi connectivity index (χ2v) is 10.2. The van der Waals surface area contributed by atoms with Crippen LogP contribution in [0.3, 0.4) is 0 Å². The van der Waals surface area contributed by atoms with Crippen LogP contribution in [0.4, 0.5) is 0 Å². The summed E-state index contributed by atoms with van der Waals surface area (Å²) in [7, 11) is 1.62. The van der Waals surface area contributed by atoms with Crippen molar-refractivity contribution in [2.24, 2.45) is 0 Å². The highest BCUT2D eigenvalue weighted by atomic mass is 16.2. The molecule has 1 atom stereocenters. The van der Waals surface area contributed by atoms with Crippen LogP contribution in [0.25, 0.3) is 0 Å². The van der Waals surface area contributed by atoms with E-state index in [0.29, 0.717) is 18.8 Å². The third kappa shape index (κ3) is 5.78. The minimum Gasteiger partial charge on any atom is -0.351 e. The average molecular weight is 495 g/mol. The fraction of sp³-hybridized carbons (Fsp3) is 0.556.